The number of carbonyl (C=O) groups excluding carboxylic acids is 1. The molecular weight excluding hydrogens is 446 g/mol. The van der Waals surface area contributed by atoms with E-state index in [1.165, 1.54) is 18.2 Å². The number of hydrazine groups is 1. The summed E-state index contributed by atoms with van der Waals surface area (Å²) >= 11 is 0. The van der Waals surface area contributed by atoms with Crippen molar-refractivity contribution in [2.45, 2.75) is 39.5 Å². The molecule has 3 rings (SSSR count). The van der Waals surface area contributed by atoms with Gasteiger partial charge in [-0.05, 0) is 74.4 Å². The van der Waals surface area contributed by atoms with Crippen molar-refractivity contribution in [3.05, 3.63) is 83.7 Å². The van der Waals surface area contributed by atoms with Gasteiger partial charge in [-0.15, -0.1) is 0 Å². The normalized spacial score (nSPS) is 14.4. The number of allylic oxidation sites excluding steroid dienone is 2. The lowest BCUT2D eigenvalue weighted by molar-refractivity contribution is -0.104. The Bertz CT molecular complexity index is 1100. The highest BCUT2D eigenvalue weighted by molar-refractivity contribution is 5.75. The lowest BCUT2D eigenvalue weighted by Gasteiger charge is -2.39. The molecule has 1 aliphatic rings. The lowest BCUT2D eigenvalue weighted by atomic mass is 9.89. The van der Waals surface area contributed by atoms with E-state index in [0.717, 1.165) is 56.1 Å². The summed E-state index contributed by atoms with van der Waals surface area (Å²) in [6.45, 7) is 6.29. The average Bonchev–Trinajstić information content (AvgIpc) is 2.88. The van der Waals surface area contributed by atoms with Gasteiger partial charge < -0.3 is 4.90 Å². The fourth-order valence-electron chi connectivity index (χ4n) is 4.40. The van der Waals surface area contributed by atoms with Crippen LogP contribution in [0.5, 0.6) is 0 Å². The van der Waals surface area contributed by atoms with Gasteiger partial charge in [-0.2, -0.15) is 5.26 Å². The Kier molecular flexibility index (Phi) is 9.42. The van der Waals surface area contributed by atoms with Gasteiger partial charge in [0.15, 0.2) is 0 Å². The van der Waals surface area contributed by atoms with Gasteiger partial charge in [-0.3, -0.25) is 14.8 Å². The average molecular weight is 479 g/mol. The molecule has 0 aliphatic carbocycles. The largest absolute Gasteiger partial charge is 0.370 e. The second-order valence-corrected chi connectivity index (χ2v) is 8.56. The standard InChI is InChI=1S/C28H32F2N4O/c1-3-5-13-33(4-2)34(14-6-17-35)28-19-23(21-31)7-10-27(28)32-15-11-22(12-16-32)18-24-8-9-25(29)20-26(24)30/h5-10,13-14,17,19-20,22H,3-4,11-12,15-16,18H2,1-2H3/b13-5-,14-6+. The van der Waals surface area contributed by atoms with Crippen molar-refractivity contribution >= 4 is 17.7 Å². The zero-order valence-electron chi connectivity index (χ0n) is 20.3. The smallest absolute Gasteiger partial charge is 0.144 e. The van der Waals surface area contributed by atoms with Crippen molar-refractivity contribution in [2.75, 3.05) is 29.5 Å². The Hall–Kier alpha value is -3.66. The SMILES string of the molecule is CC/C=C\N(CC)N(/C=C/C=O)c1cc(C#N)ccc1N1CCC(Cc2ccc(F)cc2F)CC1. The Labute approximate surface area is 206 Å². The van der Waals surface area contributed by atoms with Gasteiger partial charge in [-0.1, -0.05) is 19.1 Å². The summed E-state index contributed by atoms with van der Waals surface area (Å²) in [5.41, 5.74) is 2.86. The molecule has 2 aromatic rings. The van der Waals surface area contributed by atoms with Crippen molar-refractivity contribution in [1.82, 2.24) is 5.01 Å². The van der Waals surface area contributed by atoms with Crippen molar-refractivity contribution in [3.8, 4) is 6.07 Å². The molecule has 0 aromatic heterocycles. The number of anilines is 2. The highest BCUT2D eigenvalue weighted by atomic mass is 19.1. The maximum absolute atomic E-state index is 14.1. The quantitative estimate of drug-likeness (QED) is 0.239. The fraction of sp³-hybridized carbons (Fsp3) is 0.357. The van der Waals surface area contributed by atoms with Crippen LogP contribution in [0.2, 0.25) is 0 Å². The van der Waals surface area contributed by atoms with Crippen LogP contribution in [0.15, 0.2) is 61.0 Å². The number of benzene rings is 2. The van der Waals surface area contributed by atoms with E-state index in [1.54, 1.807) is 12.3 Å². The third-order valence-corrected chi connectivity index (χ3v) is 6.25. The van der Waals surface area contributed by atoms with Crippen LogP contribution in [0.1, 0.15) is 44.2 Å². The number of carbonyl (C=O) groups is 1. The molecule has 0 radical (unpaired) electrons. The Morgan fingerprint density at radius 1 is 1.11 bits per heavy atom. The van der Waals surface area contributed by atoms with E-state index in [0.29, 0.717) is 30.0 Å². The van der Waals surface area contributed by atoms with E-state index in [-0.39, 0.29) is 0 Å². The van der Waals surface area contributed by atoms with Crippen molar-refractivity contribution in [1.29, 1.82) is 5.26 Å². The zero-order chi connectivity index (χ0) is 25.2. The summed E-state index contributed by atoms with van der Waals surface area (Å²) < 4.78 is 27.4. The van der Waals surface area contributed by atoms with Gasteiger partial charge in [0.2, 0.25) is 0 Å². The molecule has 0 N–H and O–H groups in total. The fourth-order valence-corrected chi connectivity index (χ4v) is 4.40. The molecule has 1 saturated heterocycles. The molecule has 5 nitrogen and oxygen atoms in total. The van der Waals surface area contributed by atoms with Crippen LogP contribution in [0.3, 0.4) is 0 Å². The molecule has 7 heteroatoms. The maximum Gasteiger partial charge on any atom is 0.144 e. The molecule has 0 amide bonds. The first-order valence-corrected chi connectivity index (χ1v) is 12.1. The predicted octanol–water partition coefficient (Wildman–Crippen LogP) is 5.98. The molecule has 0 spiro atoms. The molecular formula is C28H32F2N4O. The summed E-state index contributed by atoms with van der Waals surface area (Å²) in [6.07, 6.45) is 11.1. The van der Waals surface area contributed by atoms with Gasteiger partial charge in [-0.25, -0.2) is 8.78 Å². The summed E-state index contributed by atoms with van der Waals surface area (Å²) in [4.78, 5) is 13.4. The lowest BCUT2D eigenvalue weighted by Crippen LogP contribution is -2.39. The first-order chi connectivity index (χ1) is 17.0. The molecule has 1 heterocycles. The first-order valence-electron chi connectivity index (χ1n) is 12.1. The number of nitriles is 1. The van der Waals surface area contributed by atoms with Crippen LogP contribution in [-0.4, -0.2) is 30.9 Å². The van der Waals surface area contributed by atoms with Crippen LogP contribution in [0.4, 0.5) is 20.2 Å². The van der Waals surface area contributed by atoms with Crippen LogP contribution in [0, 0.1) is 28.9 Å². The van der Waals surface area contributed by atoms with Gasteiger partial charge in [0.25, 0.3) is 0 Å². The number of piperidine rings is 1. The van der Waals surface area contributed by atoms with E-state index in [2.05, 4.69) is 17.9 Å². The summed E-state index contributed by atoms with van der Waals surface area (Å²) in [5.74, 6) is -0.740. The van der Waals surface area contributed by atoms with Gasteiger partial charge in [0.1, 0.15) is 17.9 Å². The third-order valence-electron chi connectivity index (χ3n) is 6.25. The highest BCUT2D eigenvalue weighted by Crippen LogP contribution is 2.35. The molecule has 1 aliphatic heterocycles. The molecule has 184 valence electrons. The summed E-state index contributed by atoms with van der Waals surface area (Å²) in [6, 6.07) is 11.6. The molecule has 2 aromatic carbocycles. The number of rotatable bonds is 10. The second-order valence-electron chi connectivity index (χ2n) is 8.56. The highest BCUT2D eigenvalue weighted by Gasteiger charge is 2.25. The van der Waals surface area contributed by atoms with Crippen molar-refractivity contribution in [2.24, 2.45) is 5.92 Å². The molecule has 0 unspecified atom stereocenters. The molecule has 0 bridgehead atoms. The van der Waals surface area contributed by atoms with E-state index in [9.17, 15) is 18.8 Å². The van der Waals surface area contributed by atoms with Crippen LogP contribution in [0.25, 0.3) is 0 Å². The Morgan fingerprint density at radius 2 is 1.89 bits per heavy atom. The third kappa shape index (κ3) is 6.69. The Morgan fingerprint density at radius 3 is 2.51 bits per heavy atom. The number of nitrogens with zero attached hydrogens (tertiary/aromatic N) is 4. The number of hydrogen-bond acceptors (Lipinski definition) is 5. The van der Waals surface area contributed by atoms with Crippen molar-refractivity contribution in [3.63, 3.8) is 0 Å². The van der Waals surface area contributed by atoms with Gasteiger partial charge >= 0.3 is 0 Å². The van der Waals surface area contributed by atoms with Crippen LogP contribution < -0.4 is 9.91 Å². The van der Waals surface area contributed by atoms with E-state index < -0.39 is 11.6 Å². The van der Waals surface area contributed by atoms with Gasteiger partial charge in [0.05, 0.1) is 23.0 Å². The van der Waals surface area contributed by atoms with E-state index in [1.807, 2.05) is 41.4 Å². The minimum atomic E-state index is -0.558. The minimum absolute atomic E-state index is 0.304. The minimum Gasteiger partial charge on any atom is -0.370 e. The molecule has 1 fully saturated rings. The molecule has 0 atom stereocenters. The predicted molar refractivity (Wildman–Crippen MR) is 136 cm³/mol. The van der Waals surface area contributed by atoms with Gasteiger partial charge in [0, 0.05) is 38.1 Å². The molecule has 0 saturated carbocycles. The number of hydrogen-bond donors (Lipinski definition) is 0. The zero-order valence-corrected chi connectivity index (χ0v) is 20.3. The Balaban J connectivity index is 1.85. The number of halogens is 2. The van der Waals surface area contributed by atoms with Crippen LogP contribution >= 0.6 is 0 Å². The van der Waals surface area contributed by atoms with Crippen molar-refractivity contribution < 1.29 is 13.6 Å². The molecule has 35 heavy (non-hydrogen) atoms. The van der Waals surface area contributed by atoms with E-state index in [4.69, 9.17) is 0 Å². The topological polar surface area (TPSA) is 50.6 Å². The second kappa shape index (κ2) is 12.7. The van der Waals surface area contributed by atoms with E-state index >= 15 is 0 Å². The maximum atomic E-state index is 14.1. The summed E-state index contributed by atoms with van der Waals surface area (Å²) in [5, 5.41) is 13.4. The number of aldehydes is 1. The first kappa shape index (κ1) is 26.0. The summed E-state index contributed by atoms with van der Waals surface area (Å²) in [7, 11) is 0. The van der Waals surface area contributed by atoms with Crippen LogP contribution in [-0.2, 0) is 11.2 Å². The monoisotopic (exact) mass is 478 g/mol.